The van der Waals surface area contributed by atoms with Crippen LogP contribution < -0.4 is 10.2 Å². The van der Waals surface area contributed by atoms with E-state index in [0.717, 1.165) is 24.1 Å². The normalized spacial score (nSPS) is 13.5. The molecule has 2 aromatic rings. The van der Waals surface area contributed by atoms with Gasteiger partial charge in [-0.05, 0) is 62.6 Å². The molecule has 0 unspecified atom stereocenters. The number of amides is 2. The smallest absolute Gasteiger partial charge is 0.258 e. The third kappa shape index (κ3) is 3.32. The van der Waals surface area contributed by atoms with E-state index in [-0.39, 0.29) is 17.9 Å². The summed E-state index contributed by atoms with van der Waals surface area (Å²) >= 11 is 0. The minimum atomic E-state index is -0.0701. The molecule has 0 radical (unpaired) electrons. The Bertz CT molecular complexity index is 753. The van der Waals surface area contributed by atoms with Crippen LogP contribution in [0.4, 0.5) is 5.69 Å². The number of rotatable bonds is 3. The first kappa shape index (κ1) is 16.2. The van der Waals surface area contributed by atoms with Gasteiger partial charge >= 0.3 is 0 Å². The lowest BCUT2D eigenvalue weighted by Crippen LogP contribution is -2.36. The average Bonchev–Trinajstić information content (AvgIpc) is 2.60. The third-order valence-electron chi connectivity index (χ3n) is 4.15. The van der Waals surface area contributed by atoms with Crippen LogP contribution in [0.2, 0.25) is 0 Å². The standard InChI is InChI=1S/C20H22N2O2/c1-14(2)21-19(23)17-10-11-18-16(13-17)9-6-12-22(18)20(24)15-7-4-3-5-8-15/h3-5,7-8,10-11,13-14H,6,9,12H2,1-2H3,(H,21,23). The predicted octanol–water partition coefficient (Wildman–Crippen LogP) is 3.42. The Hall–Kier alpha value is -2.62. The van der Waals surface area contributed by atoms with Gasteiger partial charge in [0.2, 0.25) is 0 Å². The Balaban J connectivity index is 1.89. The van der Waals surface area contributed by atoms with Crippen LogP contribution in [0.5, 0.6) is 0 Å². The van der Waals surface area contributed by atoms with E-state index in [9.17, 15) is 9.59 Å². The zero-order valence-corrected chi connectivity index (χ0v) is 14.1. The van der Waals surface area contributed by atoms with Crippen LogP contribution in [0.1, 0.15) is 46.5 Å². The van der Waals surface area contributed by atoms with Crippen molar-refractivity contribution < 1.29 is 9.59 Å². The number of benzene rings is 2. The van der Waals surface area contributed by atoms with Gasteiger partial charge in [0.15, 0.2) is 0 Å². The molecule has 1 aliphatic rings. The van der Waals surface area contributed by atoms with Crippen molar-refractivity contribution in [1.29, 1.82) is 0 Å². The van der Waals surface area contributed by atoms with Crippen molar-refractivity contribution in [2.45, 2.75) is 32.7 Å². The van der Waals surface area contributed by atoms with Gasteiger partial charge in [-0.2, -0.15) is 0 Å². The largest absolute Gasteiger partial charge is 0.350 e. The van der Waals surface area contributed by atoms with Crippen LogP contribution >= 0.6 is 0 Å². The van der Waals surface area contributed by atoms with Gasteiger partial charge in [-0.25, -0.2) is 0 Å². The molecule has 1 aliphatic heterocycles. The molecule has 1 heterocycles. The van der Waals surface area contributed by atoms with Crippen molar-refractivity contribution in [3.63, 3.8) is 0 Å². The molecule has 3 rings (SSSR count). The molecular weight excluding hydrogens is 300 g/mol. The summed E-state index contributed by atoms with van der Waals surface area (Å²) in [5.41, 5.74) is 3.31. The minimum Gasteiger partial charge on any atom is -0.350 e. The van der Waals surface area contributed by atoms with Crippen LogP contribution in [0.3, 0.4) is 0 Å². The Morgan fingerprint density at radius 3 is 2.50 bits per heavy atom. The van der Waals surface area contributed by atoms with Gasteiger partial charge in [-0.3, -0.25) is 9.59 Å². The molecule has 0 saturated carbocycles. The zero-order valence-electron chi connectivity index (χ0n) is 14.1. The molecule has 0 atom stereocenters. The Kier molecular flexibility index (Phi) is 4.65. The number of carbonyl (C=O) groups excluding carboxylic acids is 2. The van der Waals surface area contributed by atoms with Crippen molar-refractivity contribution in [3.8, 4) is 0 Å². The fourth-order valence-corrected chi connectivity index (χ4v) is 3.03. The zero-order chi connectivity index (χ0) is 17.1. The van der Waals surface area contributed by atoms with Gasteiger partial charge in [0.25, 0.3) is 11.8 Å². The van der Waals surface area contributed by atoms with Crippen LogP contribution in [-0.4, -0.2) is 24.4 Å². The first-order valence-electron chi connectivity index (χ1n) is 8.37. The van der Waals surface area contributed by atoms with Crippen molar-refractivity contribution in [1.82, 2.24) is 5.32 Å². The van der Waals surface area contributed by atoms with E-state index in [1.54, 1.807) is 6.07 Å². The summed E-state index contributed by atoms with van der Waals surface area (Å²) in [6.45, 7) is 4.59. The number of fused-ring (bicyclic) bond motifs is 1. The maximum absolute atomic E-state index is 12.8. The maximum Gasteiger partial charge on any atom is 0.258 e. The molecule has 24 heavy (non-hydrogen) atoms. The van der Waals surface area contributed by atoms with E-state index in [4.69, 9.17) is 0 Å². The fourth-order valence-electron chi connectivity index (χ4n) is 3.03. The van der Waals surface area contributed by atoms with E-state index >= 15 is 0 Å². The number of carbonyl (C=O) groups is 2. The highest BCUT2D eigenvalue weighted by molar-refractivity contribution is 6.07. The molecular formula is C20H22N2O2. The predicted molar refractivity (Wildman–Crippen MR) is 95.5 cm³/mol. The molecule has 0 bridgehead atoms. The molecule has 2 amide bonds. The molecule has 0 aliphatic carbocycles. The highest BCUT2D eigenvalue weighted by atomic mass is 16.2. The molecule has 2 aromatic carbocycles. The molecule has 4 heteroatoms. The molecule has 0 fully saturated rings. The Morgan fingerprint density at radius 1 is 1.04 bits per heavy atom. The lowest BCUT2D eigenvalue weighted by Gasteiger charge is -2.30. The van der Waals surface area contributed by atoms with Crippen molar-refractivity contribution in [3.05, 3.63) is 65.2 Å². The SMILES string of the molecule is CC(C)NC(=O)c1ccc2c(c1)CCCN2C(=O)c1ccccc1. The monoisotopic (exact) mass is 322 g/mol. The number of anilines is 1. The second-order valence-corrected chi connectivity index (χ2v) is 6.40. The lowest BCUT2D eigenvalue weighted by atomic mass is 9.98. The second-order valence-electron chi connectivity index (χ2n) is 6.40. The topological polar surface area (TPSA) is 49.4 Å². The molecule has 0 saturated heterocycles. The number of nitrogens with one attached hydrogen (secondary N) is 1. The van der Waals surface area contributed by atoms with Crippen molar-refractivity contribution in [2.24, 2.45) is 0 Å². The van der Waals surface area contributed by atoms with Crippen molar-refractivity contribution >= 4 is 17.5 Å². The van der Waals surface area contributed by atoms with Gasteiger partial charge in [0, 0.05) is 29.4 Å². The number of nitrogens with zero attached hydrogens (tertiary/aromatic N) is 1. The highest BCUT2D eigenvalue weighted by Crippen LogP contribution is 2.29. The maximum atomic E-state index is 12.8. The lowest BCUT2D eigenvalue weighted by molar-refractivity contribution is 0.0942. The molecule has 0 aromatic heterocycles. The Morgan fingerprint density at radius 2 is 1.79 bits per heavy atom. The summed E-state index contributed by atoms with van der Waals surface area (Å²) in [5.74, 6) is -0.0600. The summed E-state index contributed by atoms with van der Waals surface area (Å²) < 4.78 is 0. The summed E-state index contributed by atoms with van der Waals surface area (Å²) in [5, 5.41) is 2.91. The van der Waals surface area contributed by atoms with Gasteiger partial charge < -0.3 is 10.2 Å². The van der Waals surface area contributed by atoms with E-state index in [2.05, 4.69) is 5.32 Å². The van der Waals surface area contributed by atoms with Gasteiger partial charge in [-0.1, -0.05) is 18.2 Å². The first-order valence-corrected chi connectivity index (χ1v) is 8.37. The van der Waals surface area contributed by atoms with E-state index in [1.165, 1.54) is 0 Å². The van der Waals surface area contributed by atoms with Gasteiger partial charge in [-0.15, -0.1) is 0 Å². The summed E-state index contributed by atoms with van der Waals surface area (Å²) in [6, 6.07) is 15.0. The number of hydrogen-bond donors (Lipinski definition) is 1. The van der Waals surface area contributed by atoms with Gasteiger partial charge in [0.1, 0.15) is 0 Å². The summed E-state index contributed by atoms with van der Waals surface area (Å²) in [7, 11) is 0. The second kappa shape index (κ2) is 6.87. The Labute approximate surface area is 142 Å². The van der Waals surface area contributed by atoms with Crippen LogP contribution in [-0.2, 0) is 6.42 Å². The van der Waals surface area contributed by atoms with Crippen LogP contribution in [0.15, 0.2) is 48.5 Å². The van der Waals surface area contributed by atoms with Gasteiger partial charge in [0.05, 0.1) is 0 Å². The molecule has 124 valence electrons. The quantitative estimate of drug-likeness (QED) is 0.941. The number of aryl methyl sites for hydroxylation is 1. The van der Waals surface area contributed by atoms with E-state index in [0.29, 0.717) is 17.7 Å². The third-order valence-corrected chi connectivity index (χ3v) is 4.15. The summed E-state index contributed by atoms with van der Waals surface area (Å²) in [4.78, 5) is 26.8. The van der Waals surface area contributed by atoms with E-state index in [1.807, 2.05) is 61.2 Å². The minimum absolute atomic E-state index is 0.0101. The first-order chi connectivity index (χ1) is 11.6. The summed E-state index contributed by atoms with van der Waals surface area (Å²) in [6.07, 6.45) is 1.79. The number of hydrogen-bond acceptors (Lipinski definition) is 2. The average molecular weight is 322 g/mol. The molecule has 0 spiro atoms. The van der Waals surface area contributed by atoms with Crippen molar-refractivity contribution in [2.75, 3.05) is 11.4 Å². The van der Waals surface area contributed by atoms with E-state index < -0.39 is 0 Å². The fraction of sp³-hybridized carbons (Fsp3) is 0.300. The van der Waals surface area contributed by atoms with Crippen LogP contribution in [0, 0.1) is 0 Å². The molecule has 1 N–H and O–H groups in total. The van der Waals surface area contributed by atoms with Crippen LogP contribution in [0.25, 0.3) is 0 Å². The molecule has 4 nitrogen and oxygen atoms in total. The highest BCUT2D eigenvalue weighted by Gasteiger charge is 2.24.